The Morgan fingerprint density at radius 1 is 1.44 bits per heavy atom. The molecule has 0 aliphatic rings. The Bertz CT molecular complexity index is 369. The summed E-state index contributed by atoms with van der Waals surface area (Å²) >= 11 is 1.88. The van der Waals surface area contributed by atoms with Gasteiger partial charge in [-0.05, 0) is 55.2 Å². The van der Waals surface area contributed by atoms with Gasteiger partial charge in [0, 0.05) is 6.54 Å². The van der Waals surface area contributed by atoms with Gasteiger partial charge in [-0.25, -0.2) is 0 Å². The zero-order valence-corrected chi connectivity index (χ0v) is 10.7. The van der Waals surface area contributed by atoms with Gasteiger partial charge in [-0.1, -0.05) is 6.07 Å². The van der Waals surface area contributed by atoms with Crippen LogP contribution in [0.1, 0.15) is 23.1 Å². The third-order valence-corrected chi connectivity index (χ3v) is 3.19. The molecule has 0 fully saturated rings. The number of aryl methyl sites for hydroxylation is 1. The van der Waals surface area contributed by atoms with Crippen LogP contribution in [0.4, 0.5) is 0 Å². The molecule has 1 N–H and O–H groups in total. The van der Waals surface area contributed by atoms with Crippen LogP contribution in [0.2, 0.25) is 0 Å². The predicted octanol–water partition coefficient (Wildman–Crippen LogP) is 2.71. The van der Waals surface area contributed by atoms with E-state index in [9.17, 15) is 0 Å². The van der Waals surface area contributed by atoms with E-state index in [1.54, 1.807) is 0 Å². The normalized spacial score (nSPS) is 10.1. The summed E-state index contributed by atoms with van der Waals surface area (Å²) in [6, 6.07) is 8.02. The Morgan fingerprint density at radius 3 is 2.88 bits per heavy atom. The van der Waals surface area contributed by atoms with Crippen molar-refractivity contribution in [1.29, 1.82) is 5.26 Å². The highest BCUT2D eigenvalue weighted by molar-refractivity contribution is 7.98. The largest absolute Gasteiger partial charge is 0.313 e. The van der Waals surface area contributed by atoms with Gasteiger partial charge in [0.1, 0.15) is 0 Å². The quantitative estimate of drug-likeness (QED) is 0.769. The molecule has 0 aliphatic heterocycles. The second kappa shape index (κ2) is 7.32. The number of nitrogens with zero attached hydrogens (tertiary/aromatic N) is 1. The maximum Gasteiger partial charge on any atom is 0.0991 e. The number of thioether (sulfide) groups is 1. The van der Waals surface area contributed by atoms with Crippen LogP contribution in [0.5, 0.6) is 0 Å². The van der Waals surface area contributed by atoms with Gasteiger partial charge in [-0.15, -0.1) is 0 Å². The standard InChI is InChI=1S/C13H18N2S/c1-11-8-12(9-14)4-5-13(11)10-15-6-3-7-16-2/h4-5,8,15H,3,6-7,10H2,1-2H3. The predicted molar refractivity (Wildman–Crippen MR) is 70.6 cm³/mol. The number of hydrogen-bond acceptors (Lipinski definition) is 3. The molecule has 86 valence electrons. The molecule has 3 heteroatoms. The summed E-state index contributed by atoms with van der Waals surface area (Å²) in [5, 5.41) is 12.2. The van der Waals surface area contributed by atoms with Gasteiger partial charge < -0.3 is 5.32 Å². The van der Waals surface area contributed by atoms with Crippen LogP contribution in [-0.4, -0.2) is 18.6 Å². The van der Waals surface area contributed by atoms with Gasteiger partial charge >= 0.3 is 0 Å². The Kier molecular flexibility index (Phi) is 5.99. The summed E-state index contributed by atoms with van der Waals surface area (Å²) in [5.74, 6) is 1.21. The summed E-state index contributed by atoms with van der Waals surface area (Å²) in [6.07, 6.45) is 3.33. The molecule has 0 radical (unpaired) electrons. The van der Waals surface area contributed by atoms with Crippen LogP contribution in [0.15, 0.2) is 18.2 Å². The van der Waals surface area contributed by atoms with Gasteiger partial charge in [0.25, 0.3) is 0 Å². The van der Waals surface area contributed by atoms with Crippen LogP contribution >= 0.6 is 11.8 Å². The molecule has 0 aliphatic carbocycles. The van der Waals surface area contributed by atoms with Crippen molar-refractivity contribution in [2.75, 3.05) is 18.6 Å². The van der Waals surface area contributed by atoms with Crippen LogP contribution in [0.25, 0.3) is 0 Å². The first-order chi connectivity index (χ1) is 7.77. The first-order valence-corrected chi connectivity index (χ1v) is 6.86. The molecule has 1 rings (SSSR count). The first kappa shape index (κ1) is 13.1. The highest BCUT2D eigenvalue weighted by atomic mass is 32.2. The number of nitriles is 1. The average Bonchev–Trinajstić information content (AvgIpc) is 2.30. The van der Waals surface area contributed by atoms with E-state index in [1.165, 1.54) is 23.3 Å². The number of hydrogen-bond donors (Lipinski definition) is 1. The third-order valence-electron chi connectivity index (χ3n) is 2.49. The van der Waals surface area contributed by atoms with Crippen LogP contribution in [0, 0.1) is 18.3 Å². The van der Waals surface area contributed by atoms with Gasteiger partial charge in [0.05, 0.1) is 11.6 Å². The molecule has 1 aromatic rings. The molecule has 2 nitrogen and oxygen atoms in total. The maximum absolute atomic E-state index is 8.76. The van der Waals surface area contributed by atoms with Crippen molar-refractivity contribution in [3.8, 4) is 6.07 Å². The van der Waals surface area contributed by atoms with Crippen molar-refractivity contribution < 1.29 is 0 Å². The maximum atomic E-state index is 8.76. The number of benzene rings is 1. The second-order valence-corrected chi connectivity index (χ2v) is 4.76. The van der Waals surface area contributed by atoms with Gasteiger partial charge in [-0.3, -0.25) is 0 Å². The smallest absolute Gasteiger partial charge is 0.0991 e. The molecule has 0 bridgehead atoms. The summed E-state index contributed by atoms with van der Waals surface area (Å²) < 4.78 is 0. The Hall–Kier alpha value is -0.980. The van der Waals surface area contributed by atoms with E-state index in [0.717, 1.165) is 18.7 Å². The lowest BCUT2D eigenvalue weighted by molar-refractivity contribution is 0.677. The first-order valence-electron chi connectivity index (χ1n) is 5.47. The lowest BCUT2D eigenvalue weighted by Crippen LogP contribution is -2.16. The minimum atomic E-state index is 0.739. The van der Waals surface area contributed by atoms with Crippen molar-refractivity contribution in [2.24, 2.45) is 0 Å². The van der Waals surface area contributed by atoms with E-state index in [4.69, 9.17) is 5.26 Å². The fourth-order valence-electron chi connectivity index (χ4n) is 1.53. The van der Waals surface area contributed by atoms with Gasteiger partial charge in [0.15, 0.2) is 0 Å². The Labute approximate surface area is 102 Å². The fourth-order valence-corrected chi connectivity index (χ4v) is 1.96. The molecule has 1 aromatic carbocycles. The minimum absolute atomic E-state index is 0.739. The van der Waals surface area contributed by atoms with Crippen molar-refractivity contribution in [1.82, 2.24) is 5.32 Å². The second-order valence-electron chi connectivity index (χ2n) is 3.78. The number of nitrogens with one attached hydrogen (secondary N) is 1. The highest BCUT2D eigenvalue weighted by Gasteiger charge is 1.99. The van der Waals surface area contributed by atoms with Crippen molar-refractivity contribution in [2.45, 2.75) is 19.9 Å². The average molecular weight is 234 g/mol. The molecule has 0 unspecified atom stereocenters. The van der Waals surface area contributed by atoms with Crippen LogP contribution in [-0.2, 0) is 6.54 Å². The molecule has 0 heterocycles. The van der Waals surface area contributed by atoms with Crippen LogP contribution < -0.4 is 5.32 Å². The van der Waals surface area contributed by atoms with E-state index in [-0.39, 0.29) is 0 Å². The van der Waals surface area contributed by atoms with Crippen LogP contribution in [0.3, 0.4) is 0 Å². The highest BCUT2D eigenvalue weighted by Crippen LogP contribution is 2.10. The van der Waals surface area contributed by atoms with Crippen molar-refractivity contribution in [3.63, 3.8) is 0 Å². The molecule has 0 atom stereocenters. The molecule has 0 amide bonds. The molecule has 0 saturated carbocycles. The van der Waals surface area contributed by atoms with Crippen molar-refractivity contribution >= 4 is 11.8 Å². The topological polar surface area (TPSA) is 35.8 Å². The molecule has 0 spiro atoms. The summed E-state index contributed by atoms with van der Waals surface area (Å²) in [5.41, 5.74) is 3.21. The van der Waals surface area contributed by atoms with Crippen molar-refractivity contribution in [3.05, 3.63) is 34.9 Å². The van der Waals surface area contributed by atoms with E-state index in [2.05, 4.69) is 24.6 Å². The zero-order chi connectivity index (χ0) is 11.8. The summed E-state index contributed by atoms with van der Waals surface area (Å²) in [4.78, 5) is 0. The molecule has 0 aromatic heterocycles. The monoisotopic (exact) mass is 234 g/mol. The zero-order valence-electron chi connectivity index (χ0n) is 9.92. The Balaban J connectivity index is 2.40. The van der Waals surface area contributed by atoms with E-state index >= 15 is 0 Å². The molecular formula is C13H18N2S. The minimum Gasteiger partial charge on any atom is -0.313 e. The fraction of sp³-hybridized carbons (Fsp3) is 0.462. The lowest BCUT2D eigenvalue weighted by Gasteiger charge is -2.07. The van der Waals surface area contributed by atoms with E-state index in [1.807, 2.05) is 30.0 Å². The lowest BCUT2D eigenvalue weighted by atomic mass is 10.1. The van der Waals surface area contributed by atoms with E-state index < -0.39 is 0 Å². The SMILES string of the molecule is CSCCCNCc1ccc(C#N)cc1C. The number of rotatable bonds is 6. The van der Waals surface area contributed by atoms with Gasteiger partial charge in [0.2, 0.25) is 0 Å². The summed E-state index contributed by atoms with van der Waals surface area (Å²) in [6.45, 7) is 4.01. The Morgan fingerprint density at radius 2 is 2.25 bits per heavy atom. The van der Waals surface area contributed by atoms with E-state index in [0.29, 0.717) is 0 Å². The summed E-state index contributed by atoms with van der Waals surface area (Å²) in [7, 11) is 0. The third kappa shape index (κ3) is 4.26. The van der Waals surface area contributed by atoms with Gasteiger partial charge in [-0.2, -0.15) is 17.0 Å². The molecule has 16 heavy (non-hydrogen) atoms. The molecular weight excluding hydrogens is 216 g/mol. The molecule has 0 saturated heterocycles.